The van der Waals surface area contributed by atoms with Crippen LogP contribution < -0.4 is 4.74 Å². The second kappa shape index (κ2) is 7.41. The summed E-state index contributed by atoms with van der Waals surface area (Å²) in [6.07, 6.45) is 0.380. The van der Waals surface area contributed by atoms with E-state index in [1.165, 1.54) is 13.2 Å². The molecule has 0 heterocycles. The molecule has 0 spiro atoms. The lowest BCUT2D eigenvalue weighted by molar-refractivity contribution is 0.0595. The summed E-state index contributed by atoms with van der Waals surface area (Å²) in [6.45, 7) is 2.12. The third-order valence-electron chi connectivity index (χ3n) is 3.27. The standard InChI is InChI=1S/C18H18O4/c1-3-16(19)14-9-10-17(15(11-14)18(20)21-2)22-12-13-7-5-4-6-8-13/h4-11H,3,12H2,1-2H3. The lowest BCUT2D eigenvalue weighted by Crippen LogP contribution is -2.08. The minimum atomic E-state index is -0.520. The number of hydrogen-bond acceptors (Lipinski definition) is 4. The topological polar surface area (TPSA) is 52.6 Å². The van der Waals surface area contributed by atoms with Gasteiger partial charge in [-0.25, -0.2) is 4.79 Å². The maximum atomic E-state index is 11.9. The van der Waals surface area contributed by atoms with Crippen LogP contribution in [0.1, 0.15) is 39.6 Å². The summed E-state index contributed by atoms with van der Waals surface area (Å²) >= 11 is 0. The van der Waals surface area contributed by atoms with Gasteiger partial charge >= 0.3 is 5.97 Å². The molecule has 0 N–H and O–H groups in total. The zero-order valence-corrected chi connectivity index (χ0v) is 12.7. The fourth-order valence-corrected chi connectivity index (χ4v) is 2.04. The van der Waals surface area contributed by atoms with E-state index in [2.05, 4.69) is 0 Å². The van der Waals surface area contributed by atoms with Crippen LogP contribution in [0.3, 0.4) is 0 Å². The summed E-state index contributed by atoms with van der Waals surface area (Å²) in [5.74, 6) is -0.142. The molecule has 0 aromatic heterocycles. The molecule has 0 bridgehead atoms. The van der Waals surface area contributed by atoms with Crippen LogP contribution in [0, 0.1) is 0 Å². The minimum absolute atomic E-state index is 0.0280. The molecular formula is C18H18O4. The number of carbonyl (C=O) groups is 2. The van der Waals surface area contributed by atoms with Crippen molar-refractivity contribution >= 4 is 11.8 Å². The number of Topliss-reactive ketones (excluding diaryl/α,β-unsaturated/α-hetero) is 1. The van der Waals surface area contributed by atoms with Gasteiger partial charge in [0, 0.05) is 12.0 Å². The SMILES string of the molecule is CCC(=O)c1ccc(OCc2ccccc2)c(C(=O)OC)c1. The Kier molecular flexibility index (Phi) is 5.31. The Hall–Kier alpha value is -2.62. The van der Waals surface area contributed by atoms with Crippen molar-refractivity contribution in [1.82, 2.24) is 0 Å². The van der Waals surface area contributed by atoms with Crippen molar-refractivity contribution in [3.05, 3.63) is 65.2 Å². The van der Waals surface area contributed by atoms with Gasteiger partial charge in [-0.3, -0.25) is 4.79 Å². The highest BCUT2D eigenvalue weighted by Crippen LogP contribution is 2.23. The Labute approximate surface area is 129 Å². The van der Waals surface area contributed by atoms with Crippen molar-refractivity contribution in [3.63, 3.8) is 0 Å². The Morgan fingerprint density at radius 2 is 1.77 bits per heavy atom. The number of ether oxygens (including phenoxy) is 2. The molecule has 0 saturated carbocycles. The third kappa shape index (κ3) is 3.73. The summed E-state index contributed by atoms with van der Waals surface area (Å²) < 4.78 is 10.5. The van der Waals surface area contributed by atoms with Crippen LogP contribution in [-0.2, 0) is 11.3 Å². The minimum Gasteiger partial charge on any atom is -0.488 e. The van der Waals surface area contributed by atoms with Crippen molar-refractivity contribution in [2.75, 3.05) is 7.11 Å². The number of rotatable bonds is 6. The van der Waals surface area contributed by atoms with Crippen molar-refractivity contribution in [3.8, 4) is 5.75 Å². The molecule has 4 heteroatoms. The van der Waals surface area contributed by atoms with Gasteiger partial charge in [-0.1, -0.05) is 37.3 Å². The molecule has 2 rings (SSSR count). The highest BCUT2D eigenvalue weighted by atomic mass is 16.5. The average Bonchev–Trinajstić information content (AvgIpc) is 2.59. The van der Waals surface area contributed by atoms with E-state index in [0.717, 1.165) is 5.56 Å². The number of methoxy groups -OCH3 is 1. The van der Waals surface area contributed by atoms with Crippen LogP contribution in [0.25, 0.3) is 0 Å². The van der Waals surface area contributed by atoms with Gasteiger partial charge in [-0.2, -0.15) is 0 Å². The number of benzene rings is 2. The molecule has 2 aromatic carbocycles. The lowest BCUT2D eigenvalue weighted by Gasteiger charge is -2.11. The Morgan fingerprint density at radius 3 is 2.41 bits per heavy atom. The number of esters is 1. The molecule has 0 radical (unpaired) electrons. The van der Waals surface area contributed by atoms with Crippen molar-refractivity contribution < 1.29 is 19.1 Å². The molecular weight excluding hydrogens is 280 g/mol. The van der Waals surface area contributed by atoms with Gasteiger partial charge in [0.1, 0.15) is 17.9 Å². The van der Waals surface area contributed by atoms with E-state index < -0.39 is 5.97 Å². The summed E-state index contributed by atoms with van der Waals surface area (Å²) in [5.41, 5.74) is 1.74. The monoisotopic (exact) mass is 298 g/mol. The Morgan fingerprint density at radius 1 is 1.05 bits per heavy atom. The van der Waals surface area contributed by atoms with E-state index in [-0.39, 0.29) is 11.3 Å². The first-order valence-corrected chi connectivity index (χ1v) is 7.08. The highest BCUT2D eigenvalue weighted by Gasteiger charge is 2.16. The first-order chi connectivity index (χ1) is 10.7. The zero-order valence-electron chi connectivity index (χ0n) is 12.7. The van der Waals surface area contributed by atoms with Crippen LogP contribution in [0.15, 0.2) is 48.5 Å². The fourth-order valence-electron chi connectivity index (χ4n) is 2.04. The third-order valence-corrected chi connectivity index (χ3v) is 3.27. The summed E-state index contributed by atoms with van der Waals surface area (Å²) in [6, 6.07) is 14.5. The largest absolute Gasteiger partial charge is 0.488 e. The van der Waals surface area contributed by atoms with Gasteiger partial charge in [-0.05, 0) is 23.8 Å². The fraction of sp³-hybridized carbons (Fsp3) is 0.222. The van der Waals surface area contributed by atoms with E-state index in [1.54, 1.807) is 19.1 Å². The Balaban J connectivity index is 2.26. The van der Waals surface area contributed by atoms with Crippen molar-refractivity contribution in [2.45, 2.75) is 20.0 Å². The molecule has 4 nitrogen and oxygen atoms in total. The van der Waals surface area contributed by atoms with Crippen LogP contribution in [0.4, 0.5) is 0 Å². The van der Waals surface area contributed by atoms with E-state index >= 15 is 0 Å². The predicted molar refractivity (Wildman–Crippen MR) is 83.2 cm³/mol. The van der Waals surface area contributed by atoms with Crippen molar-refractivity contribution in [2.24, 2.45) is 0 Å². The molecule has 22 heavy (non-hydrogen) atoms. The van der Waals surface area contributed by atoms with E-state index in [9.17, 15) is 9.59 Å². The van der Waals surface area contributed by atoms with Gasteiger partial charge in [0.15, 0.2) is 5.78 Å². The number of carbonyl (C=O) groups excluding carboxylic acids is 2. The summed E-state index contributed by atoms with van der Waals surface area (Å²) in [5, 5.41) is 0. The van der Waals surface area contributed by atoms with Gasteiger partial charge in [-0.15, -0.1) is 0 Å². The second-order valence-corrected chi connectivity index (χ2v) is 4.75. The van der Waals surface area contributed by atoms with Crippen molar-refractivity contribution in [1.29, 1.82) is 0 Å². The van der Waals surface area contributed by atoms with E-state index in [0.29, 0.717) is 24.3 Å². The first-order valence-electron chi connectivity index (χ1n) is 7.08. The predicted octanol–water partition coefficient (Wildman–Crippen LogP) is 3.64. The Bertz CT molecular complexity index is 662. The number of hydrogen-bond donors (Lipinski definition) is 0. The van der Waals surface area contributed by atoms with E-state index in [4.69, 9.17) is 9.47 Å². The molecule has 0 atom stereocenters. The quantitative estimate of drug-likeness (QED) is 0.603. The molecule has 114 valence electrons. The van der Waals surface area contributed by atoms with Gasteiger partial charge in [0.2, 0.25) is 0 Å². The molecule has 0 aliphatic carbocycles. The molecule has 0 aliphatic rings. The normalized spacial score (nSPS) is 10.1. The maximum Gasteiger partial charge on any atom is 0.341 e. The van der Waals surface area contributed by atoms with Crippen LogP contribution in [-0.4, -0.2) is 18.9 Å². The van der Waals surface area contributed by atoms with Gasteiger partial charge < -0.3 is 9.47 Å². The van der Waals surface area contributed by atoms with Crippen LogP contribution in [0.2, 0.25) is 0 Å². The smallest absolute Gasteiger partial charge is 0.341 e. The summed E-state index contributed by atoms with van der Waals surface area (Å²) in [4.78, 5) is 23.7. The van der Waals surface area contributed by atoms with Gasteiger partial charge in [0.05, 0.1) is 7.11 Å². The van der Waals surface area contributed by atoms with Crippen LogP contribution in [0.5, 0.6) is 5.75 Å². The second-order valence-electron chi connectivity index (χ2n) is 4.75. The zero-order chi connectivity index (χ0) is 15.9. The molecule has 0 unspecified atom stereocenters. The molecule has 0 aliphatic heterocycles. The van der Waals surface area contributed by atoms with Crippen LogP contribution >= 0.6 is 0 Å². The average molecular weight is 298 g/mol. The molecule has 0 saturated heterocycles. The molecule has 0 amide bonds. The van der Waals surface area contributed by atoms with Gasteiger partial charge in [0.25, 0.3) is 0 Å². The summed E-state index contributed by atoms with van der Waals surface area (Å²) in [7, 11) is 1.30. The lowest BCUT2D eigenvalue weighted by atomic mass is 10.0. The first kappa shape index (κ1) is 15.8. The highest BCUT2D eigenvalue weighted by molar-refractivity contribution is 6.00. The molecule has 2 aromatic rings. The molecule has 0 fully saturated rings. The number of ketones is 1. The van der Waals surface area contributed by atoms with E-state index in [1.807, 2.05) is 30.3 Å². The maximum absolute atomic E-state index is 11.9.